The highest BCUT2D eigenvalue weighted by Gasteiger charge is 2.22. The fraction of sp³-hybridized carbons (Fsp3) is 0.400. The van der Waals surface area contributed by atoms with Gasteiger partial charge in [0.05, 0.1) is 16.5 Å². The Bertz CT molecular complexity index is 649. The molecule has 0 saturated heterocycles. The molecule has 1 aromatic carbocycles. The number of aliphatic carboxylic acids is 1. The van der Waals surface area contributed by atoms with Crippen LogP contribution >= 0.6 is 11.6 Å². The van der Waals surface area contributed by atoms with Crippen molar-refractivity contribution in [1.29, 1.82) is 0 Å². The average molecular weight is 295 g/mol. The molecule has 4 nitrogen and oxygen atoms in total. The maximum absolute atomic E-state index is 11.3. The molecule has 1 unspecified atom stereocenters. The predicted octanol–water partition coefficient (Wildman–Crippen LogP) is 2.73. The van der Waals surface area contributed by atoms with Crippen LogP contribution in [0.1, 0.15) is 17.7 Å². The second-order valence-corrected chi connectivity index (χ2v) is 5.48. The van der Waals surface area contributed by atoms with Crippen LogP contribution in [0.5, 0.6) is 0 Å². The molecule has 3 N–H and O–H groups in total. The number of hydrogen-bond donors (Lipinski definition) is 2. The molecule has 0 aliphatic carbocycles. The van der Waals surface area contributed by atoms with Gasteiger partial charge in [-0.2, -0.15) is 0 Å². The quantitative estimate of drug-likeness (QED) is 0.891. The number of hydrogen-bond acceptors (Lipinski definition) is 2. The van der Waals surface area contributed by atoms with Gasteiger partial charge in [-0.1, -0.05) is 23.7 Å². The zero-order chi connectivity index (χ0) is 14.9. The highest BCUT2D eigenvalue weighted by Crippen LogP contribution is 2.32. The lowest BCUT2D eigenvalue weighted by Gasteiger charge is -2.11. The summed E-state index contributed by atoms with van der Waals surface area (Å²) < 4.78 is 2.02. The number of nitrogens with two attached hydrogens (primary N) is 1. The van der Waals surface area contributed by atoms with E-state index in [0.29, 0.717) is 24.4 Å². The molecule has 0 fully saturated rings. The number of para-hydroxylation sites is 1. The molecule has 5 heteroatoms. The molecule has 0 saturated carbocycles. The van der Waals surface area contributed by atoms with Crippen LogP contribution in [0.3, 0.4) is 0 Å². The fourth-order valence-electron chi connectivity index (χ4n) is 2.68. The number of halogens is 1. The van der Waals surface area contributed by atoms with E-state index in [0.717, 1.165) is 22.2 Å². The molecule has 0 amide bonds. The van der Waals surface area contributed by atoms with E-state index in [1.165, 1.54) is 0 Å². The number of benzene rings is 1. The minimum atomic E-state index is -0.797. The van der Waals surface area contributed by atoms with Crippen LogP contribution in [0.4, 0.5) is 0 Å². The van der Waals surface area contributed by atoms with Crippen molar-refractivity contribution in [1.82, 2.24) is 4.57 Å². The van der Waals surface area contributed by atoms with Crippen molar-refractivity contribution < 1.29 is 9.90 Å². The molecule has 1 atom stereocenters. The van der Waals surface area contributed by atoms with Gasteiger partial charge in [-0.3, -0.25) is 4.79 Å². The number of rotatable bonds is 5. The van der Waals surface area contributed by atoms with E-state index < -0.39 is 11.9 Å². The Labute approximate surface area is 123 Å². The van der Waals surface area contributed by atoms with Crippen molar-refractivity contribution in [2.75, 3.05) is 6.54 Å². The van der Waals surface area contributed by atoms with E-state index in [1.807, 2.05) is 36.7 Å². The number of carboxylic acid groups (broad SMARTS) is 1. The van der Waals surface area contributed by atoms with Crippen molar-refractivity contribution in [3.63, 3.8) is 0 Å². The minimum absolute atomic E-state index is 0.377. The van der Waals surface area contributed by atoms with E-state index in [4.69, 9.17) is 17.3 Å². The Morgan fingerprint density at radius 2 is 2.20 bits per heavy atom. The van der Waals surface area contributed by atoms with E-state index in [1.54, 1.807) is 0 Å². The SMILES string of the molecule is Cc1c(CC(CCN)C(=O)O)c2cccc(Cl)c2n1C. The van der Waals surface area contributed by atoms with Crippen LogP contribution in [-0.4, -0.2) is 22.2 Å². The standard InChI is InChI=1S/C15H19ClN2O2/c1-9-12(8-10(6-7-17)15(19)20)11-4-3-5-13(16)14(11)18(9)2/h3-5,10H,6-8,17H2,1-2H3,(H,19,20). The van der Waals surface area contributed by atoms with Gasteiger partial charge < -0.3 is 15.4 Å². The highest BCUT2D eigenvalue weighted by molar-refractivity contribution is 6.35. The first-order valence-electron chi connectivity index (χ1n) is 6.62. The lowest BCUT2D eigenvalue weighted by molar-refractivity contribution is -0.141. The lowest BCUT2D eigenvalue weighted by atomic mass is 9.94. The Hall–Kier alpha value is -1.52. The van der Waals surface area contributed by atoms with Crippen molar-refractivity contribution in [2.45, 2.75) is 19.8 Å². The number of fused-ring (bicyclic) bond motifs is 1. The minimum Gasteiger partial charge on any atom is -0.481 e. The topological polar surface area (TPSA) is 68.2 Å². The predicted molar refractivity (Wildman–Crippen MR) is 81.2 cm³/mol. The summed E-state index contributed by atoms with van der Waals surface area (Å²) in [5, 5.41) is 11.0. The molecular formula is C15H19ClN2O2. The monoisotopic (exact) mass is 294 g/mol. The van der Waals surface area contributed by atoms with Crippen molar-refractivity contribution in [2.24, 2.45) is 18.7 Å². The summed E-state index contributed by atoms with van der Waals surface area (Å²) in [6.07, 6.45) is 0.960. The Kier molecular flexibility index (Phi) is 4.35. The average Bonchev–Trinajstić information content (AvgIpc) is 2.64. The summed E-state index contributed by atoms with van der Waals surface area (Å²) >= 11 is 6.25. The molecule has 0 spiro atoms. The highest BCUT2D eigenvalue weighted by atomic mass is 35.5. The van der Waals surface area contributed by atoms with Crippen molar-refractivity contribution in [3.05, 3.63) is 34.5 Å². The number of carboxylic acids is 1. The molecule has 2 aromatic rings. The molecule has 0 aliphatic rings. The van der Waals surface area contributed by atoms with Gasteiger partial charge in [0, 0.05) is 18.1 Å². The number of aromatic nitrogens is 1. The van der Waals surface area contributed by atoms with Gasteiger partial charge in [0.2, 0.25) is 0 Å². The molecule has 1 aromatic heterocycles. The molecule has 2 rings (SSSR count). The van der Waals surface area contributed by atoms with E-state index in [-0.39, 0.29) is 0 Å². The van der Waals surface area contributed by atoms with E-state index >= 15 is 0 Å². The first-order valence-corrected chi connectivity index (χ1v) is 7.00. The number of nitrogens with zero attached hydrogens (tertiary/aromatic N) is 1. The molecule has 1 heterocycles. The van der Waals surface area contributed by atoms with Gasteiger partial charge in [0.15, 0.2) is 0 Å². The van der Waals surface area contributed by atoms with Gasteiger partial charge in [-0.25, -0.2) is 0 Å². The van der Waals surface area contributed by atoms with Crippen molar-refractivity contribution in [3.8, 4) is 0 Å². The van der Waals surface area contributed by atoms with Crippen LogP contribution in [0.25, 0.3) is 10.9 Å². The van der Waals surface area contributed by atoms with E-state index in [9.17, 15) is 9.90 Å². The second kappa shape index (κ2) is 5.85. The summed E-state index contributed by atoms with van der Waals surface area (Å²) in [5.74, 6) is -1.25. The normalized spacial score (nSPS) is 12.8. The molecular weight excluding hydrogens is 276 g/mol. The summed E-state index contributed by atoms with van der Waals surface area (Å²) in [7, 11) is 1.95. The third-order valence-corrected chi connectivity index (χ3v) is 4.21. The Balaban J connectivity index is 2.52. The van der Waals surface area contributed by atoms with Crippen LogP contribution in [0.15, 0.2) is 18.2 Å². The molecule has 20 heavy (non-hydrogen) atoms. The van der Waals surface area contributed by atoms with Crippen LogP contribution in [-0.2, 0) is 18.3 Å². The second-order valence-electron chi connectivity index (χ2n) is 5.08. The first kappa shape index (κ1) is 14.9. The molecule has 0 aliphatic heterocycles. The zero-order valence-electron chi connectivity index (χ0n) is 11.7. The smallest absolute Gasteiger partial charge is 0.306 e. The number of aryl methyl sites for hydroxylation is 1. The summed E-state index contributed by atoms with van der Waals surface area (Å²) in [6.45, 7) is 2.37. The summed E-state index contributed by atoms with van der Waals surface area (Å²) in [4.78, 5) is 11.3. The van der Waals surface area contributed by atoms with Gasteiger partial charge in [-0.05, 0) is 37.9 Å². The van der Waals surface area contributed by atoms with Crippen LogP contribution in [0, 0.1) is 12.8 Å². The summed E-state index contributed by atoms with van der Waals surface area (Å²) in [6, 6.07) is 5.74. The van der Waals surface area contributed by atoms with Crippen molar-refractivity contribution >= 4 is 28.5 Å². The Morgan fingerprint density at radius 1 is 1.50 bits per heavy atom. The largest absolute Gasteiger partial charge is 0.481 e. The molecule has 0 radical (unpaired) electrons. The zero-order valence-corrected chi connectivity index (χ0v) is 12.4. The third-order valence-electron chi connectivity index (χ3n) is 3.90. The van der Waals surface area contributed by atoms with Crippen LogP contribution in [0.2, 0.25) is 5.02 Å². The maximum Gasteiger partial charge on any atom is 0.306 e. The van der Waals surface area contributed by atoms with Crippen LogP contribution < -0.4 is 5.73 Å². The van der Waals surface area contributed by atoms with Gasteiger partial charge >= 0.3 is 5.97 Å². The summed E-state index contributed by atoms with van der Waals surface area (Å²) in [5.41, 5.74) is 8.57. The molecule has 108 valence electrons. The van der Waals surface area contributed by atoms with Gasteiger partial charge in [-0.15, -0.1) is 0 Å². The lowest BCUT2D eigenvalue weighted by Crippen LogP contribution is -2.20. The fourth-order valence-corrected chi connectivity index (χ4v) is 2.98. The van der Waals surface area contributed by atoms with Gasteiger partial charge in [0.25, 0.3) is 0 Å². The Morgan fingerprint density at radius 3 is 2.80 bits per heavy atom. The first-order chi connectivity index (χ1) is 9.47. The maximum atomic E-state index is 11.3. The number of carbonyl (C=O) groups is 1. The van der Waals surface area contributed by atoms with E-state index in [2.05, 4.69) is 0 Å². The van der Waals surface area contributed by atoms with Gasteiger partial charge in [0.1, 0.15) is 0 Å². The molecule has 0 bridgehead atoms. The third kappa shape index (κ3) is 2.53.